The quantitative estimate of drug-likeness (QED) is 0.429. The number of halogens is 7. The van der Waals surface area contributed by atoms with Gasteiger partial charge in [0.05, 0.1) is 24.4 Å². The van der Waals surface area contributed by atoms with Gasteiger partial charge in [0.2, 0.25) is 0 Å². The van der Waals surface area contributed by atoms with E-state index >= 15 is 0 Å². The molecule has 1 heterocycles. The van der Waals surface area contributed by atoms with Crippen molar-refractivity contribution >= 4 is 23.5 Å². The zero-order chi connectivity index (χ0) is 20.3. The molecular weight excluding hydrogens is 396 g/mol. The van der Waals surface area contributed by atoms with Crippen LogP contribution in [0.4, 0.5) is 26.3 Å². The molecule has 0 aromatic carbocycles. The summed E-state index contributed by atoms with van der Waals surface area (Å²) in [5, 5.41) is 1.13. The Morgan fingerprint density at radius 1 is 0.923 bits per heavy atom. The fourth-order valence-corrected chi connectivity index (χ4v) is 2.57. The molecule has 1 aliphatic rings. The van der Waals surface area contributed by atoms with Crippen LogP contribution in [0.15, 0.2) is 22.5 Å². The average Bonchev–Trinajstić information content (AvgIpc) is 2.51. The Morgan fingerprint density at radius 3 is 1.50 bits per heavy atom. The molecule has 0 amide bonds. The van der Waals surface area contributed by atoms with E-state index in [0.717, 1.165) is 5.32 Å². The van der Waals surface area contributed by atoms with E-state index in [0.29, 0.717) is 0 Å². The van der Waals surface area contributed by atoms with E-state index in [1.54, 1.807) is 0 Å². The third-order valence-corrected chi connectivity index (χ3v) is 3.51. The summed E-state index contributed by atoms with van der Waals surface area (Å²) in [6.07, 6.45) is -10.7. The lowest BCUT2D eigenvalue weighted by molar-refractivity contribution is -0.144. The van der Waals surface area contributed by atoms with Crippen LogP contribution >= 0.6 is 11.6 Å². The Kier molecular flexibility index (Phi) is 6.97. The fraction of sp³-hybridized carbons (Fsp3) is 0.571. The van der Waals surface area contributed by atoms with E-state index in [1.807, 2.05) is 0 Å². The predicted molar refractivity (Wildman–Crippen MR) is 76.8 cm³/mol. The second-order valence-corrected chi connectivity index (χ2v) is 5.15. The molecule has 0 radical (unpaired) electrons. The zero-order valence-electron chi connectivity index (χ0n) is 13.5. The summed E-state index contributed by atoms with van der Waals surface area (Å²) in [7, 11) is 0. The number of hydrogen-bond acceptors (Lipinski definition) is 5. The molecule has 12 heteroatoms. The minimum absolute atomic E-state index is 0.340. The highest BCUT2D eigenvalue weighted by molar-refractivity contribution is 6.19. The van der Waals surface area contributed by atoms with Crippen LogP contribution in [-0.2, 0) is 19.1 Å². The second-order valence-electron chi connectivity index (χ2n) is 4.85. The van der Waals surface area contributed by atoms with Gasteiger partial charge >= 0.3 is 24.3 Å². The topological polar surface area (TPSA) is 64.6 Å². The number of carbonyl (C=O) groups excluding carboxylic acids is 2. The first-order valence-electron chi connectivity index (χ1n) is 7.19. The van der Waals surface area contributed by atoms with E-state index in [9.17, 15) is 35.9 Å². The first-order valence-corrected chi connectivity index (χ1v) is 7.73. The summed E-state index contributed by atoms with van der Waals surface area (Å²) >= 11 is 5.54. The zero-order valence-corrected chi connectivity index (χ0v) is 14.2. The first-order chi connectivity index (χ1) is 11.9. The van der Waals surface area contributed by atoms with Crippen molar-refractivity contribution in [1.82, 2.24) is 5.32 Å². The van der Waals surface area contributed by atoms with Gasteiger partial charge in [-0.3, -0.25) is 0 Å². The van der Waals surface area contributed by atoms with Crippen LogP contribution in [-0.4, -0.2) is 43.4 Å². The molecule has 1 aliphatic heterocycles. The summed E-state index contributed by atoms with van der Waals surface area (Å²) in [6.45, 7) is 1.90. The lowest BCUT2D eigenvalue weighted by Crippen LogP contribution is -2.44. The maximum absolute atomic E-state index is 13.3. The number of esters is 2. The van der Waals surface area contributed by atoms with E-state index in [-0.39, 0.29) is 13.2 Å². The summed E-state index contributed by atoms with van der Waals surface area (Å²) in [6, 6.07) is 0. The van der Waals surface area contributed by atoms with Crippen LogP contribution in [0, 0.1) is 5.92 Å². The van der Waals surface area contributed by atoms with Gasteiger partial charge in [-0.2, -0.15) is 26.3 Å². The molecule has 148 valence electrons. The molecule has 26 heavy (non-hydrogen) atoms. The van der Waals surface area contributed by atoms with Gasteiger partial charge in [-0.1, -0.05) is 0 Å². The van der Waals surface area contributed by atoms with Gasteiger partial charge in [0, 0.05) is 11.8 Å². The van der Waals surface area contributed by atoms with Crippen LogP contribution in [0.1, 0.15) is 13.8 Å². The Hall–Kier alpha value is -1.91. The van der Waals surface area contributed by atoms with E-state index in [2.05, 4.69) is 9.47 Å². The minimum Gasteiger partial charge on any atom is -0.463 e. The van der Waals surface area contributed by atoms with Gasteiger partial charge in [-0.25, -0.2) is 9.59 Å². The molecule has 1 N–H and O–H groups in total. The summed E-state index contributed by atoms with van der Waals surface area (Å²) < 4.78 is 88.6. The van der Waals surface area contributed by atoms with Gasteiger partial charge in [0.25, 0.3) is 0 Å². The van der Waals surface area contributed by atoms with Crippen molar-refractivity contribution in [3.05, 3.63) is 22.5 Å². The smallest absolute Gasteiger partial charge is 0.431 e. The highest BCUT2D eigenvalue weighted by Crippen LogP contribution is 2.42. The van der Waals surface area contributed by atoms with Crippen molar-refractivity contribution in [2.75, 3.05) is 19.1 Å². The monoisotopic (exact) mass is 409 g/mol. The summed E-state index contributed by atoms with van der Waals surface area (Å²) in [4.78, 5) is 23.9. The third-order valence-electron chi connectivity index (χ3n) is 3.20. The van der Waals surface area contributed by atoms with E-state index < -0.39 is 58.6 Å². The molecule has 0 saturated carbocycles. The fourth-order valence-electron chi connectivity index (χ4n) is 2.26. The van der Waals surface area contributed by atoms with E-state index in [1.165, 1.54) is 13.8 Å². The molecule has 0 bridgehead atoms. The molecule has 0 aromatic heterocycles. The number of rotatable bonds is 5. The van der Waals surface area contributed by atoms with Gasteiger partial charge in [0.1, 0.15) is 11.4 Å². The highest BCUT2D eigenvalue weighted by atomic mass is 35.5. The van der Waals surface area contributed by atoms with Crippen molar-refractivity contribution in [1.29, 1.82) is 0 Å². The SMILES string of the molecule is CCOC(=O)C1=C(C(F)(F)F)NC(C(F)(F)F)=C(C(=O)OCC)C1CCl. The normalized spacial score (nSPS) is 16.5. The number of ether oxygens (including phenoxy) is 2. The van der Waals surface area contributed by atoms with Crippen LogP contribution in [0.25, 0.3) is 0 Å². The largest absolute Gasteiger partial charge is 0.463 e. The van der Waals surface area contributed by atoms with E-state index in [4.69, 9.17) is 11.6 Å². The minimum atomic E-state index is -5.36. The highest BCUT2D eigenvalue weighted by Gasteiger charge is 2.52. The van der Waals surface area contributed by atoms with Gasteiger partial charge in [-0.05, 0) is 13.8 Å². The predicted octanol–water partition coefficient (Wildman–Crippen LogP) is 3.20. The summed E-state index contributed by atoms with van der Waals surface area (Å²) in [5.41, 5.74) is -6.40. The van der Waals surface area contributed by atoms with Crippen LogP contribution in [0.3, 0.4) is 0 Å². The maximum Gasteiger partial charge on any atom is 0.431 e. The second kappa shape index (κ2) is 8.19. The van der Waals surface area contributed by atoms with Crippen LogP contribution in [0.5, 0.6) is 0 Å². The standard InChI is InChI=1S/C14H14ClF6NO4/c1-3-25-11(23)7-6(5-15)8(12(24)26-4-2)10(14(19,20)21)22-9(7)13(16,17)18/h6,22H,3-5H2,1-2H3. The number of allylic oxidation sites excluding steroid dienone is 2. The van der Waals surface area contributed by atoms with Gasteiger partial charge in [0.15, 0.2) is 0 Å². The lowest BCUT2D eigenvalue weighted by Gasteiger charge is -2.32. The van der Waals surface area contributed by atoms with Gasteiger partial charge < -0.3 is 14.8 Å². The Balaban J connectivity index is 3.72. The first kappa shape index (κ1) is 22.1. The van der Waals surface area contributed by atoms with Crippen molar-refractivity contribution in [2.24, 2.45) is 5.92 Å². The maximum atomic E-state index is 13.3. The molecular formula is C14H14ClF6NO4. The molecule has 0 fully saturated rings. The molecule has 0 atom stereocenters. The number of alkyl halides is 7. The van der Waals surface area contributed by atoms with Crippen molar-refractivity contribution in [3.8, 4) is 0 Å². The molecule has 0 aliphatic carbocycles. The Bertz CT molecular complexity index is 586. The Labute approximate surface area is 148 Å². The molecule has 0 unspecified atom stereocenters. The molecule has 0 aromatic rings. The van der Waals surface area contributed by atoms with Crippen molar-refractivity contribution < 1.29 is 45.4 Å². The van der Waals surface area contributed by atoms with Crippen molar-refractivity contribution in [2.45, 2.75) is 26.2 Å². The van der Waals surface area contributed by atoms with Crippen LogP contribution < -0.4 is 5.32 Å². The third kappa shape index (κ3) is 4.63. The molecule has 0 spiro atoms. The number of nitrogens with one attached hydrogen (secondary N) is 1. The number of carbonyl (C=O) groups is 2. The Morgan fingerprint density at radius 2 is 1.27 bits per heavy atom. The van der Waals surface area contributed by atoms with Crippen molar-refractivity contribution in [3.63, 3.8) is 0 Å². The average molecular weight is 410 g/mol. The lowest BCUT2D eigenvalue weighted by atomic mass is 9.86. The number of hydrogen-bond donors (Lipinski definition) is 1. The molecule has 5 nitrogen and oxygen atoms in total. The summed E-state index contributed by atoms with van der Waals surface area (Å²) in [5.74, 6) is -6.02. The molecule has 1 rings (SSSR count). The van der Waals surface area contributed by atoms with Crippen LogP contribution in [0.2, 0.25) is 0 Å². The van der Waals surface area contributed by atoms with Gasteiger partial charge in [-0.15, -0.1) is 11.6 Å². The number of dihydropyridines is 1. The molecule has 0 saturated heterocycles.